The van der Waals surface area contributed by atoms with Crippen molar-refractivity contribution in [3.05, 3.63) is 35.9 Å². The third kappa shape index (κ3) is 5.10. The van der Waals surface area contributed by atoms with E-state index in [-0.39, 0.29) is 30.7 Å². The Kier molecular flexibility index (Phi) is 6.12. The topological polar surface area (TPSA) is 42.0 Å². The van der Waals surface area contributed by atoms with E-state index < -0.39 is 5.60 Å². The van der Waals surface area contributed by atoms with Crippen molar-refractivity contribution >= 4 is 18.5 Å². The van der Waals surface area contributed by atoms with Gasteiger partial charge in [-0.2, -0.15) is 0 Å². The number of halogens is 1. The predicted molar refractivity (Wildman–Crippen MR) is 95.4 cm³/mol. The summed E-state index contributed by atoms with van der Waals surface area (Å²) in [5, 5.41) is 0. The molecular formula is C18H27ClN2O3. The maximum Gasteiger partial charge on any atom is 0.410 e. The number of nitrogens with zero attached hydrogens (tertiary/aromatic N) is 2. The molecule has 2 fully saturated rings. The van der Waals surface area contributed by atoms with Crippen molar-refractivity contribution in [1.82, 2.24) is 9.80 Å². The molecular weight excluding hydrogens is 328 g/mol. The first kappa shape index (κ1) is 19.0. The highest BCUT2D eigenvalue weighted by Crippen LogP contribution is 2.22. The Morgan fingerprint density at radius 2 is 1.71 bits per heavy atom. The first-order chi connectivity index (χ1) is 10.9. The van der Waals surface area contributed by atoms with E-state index in [1.54, 1.807) is 4.90 Å². The van der Waals surface area contributed by atoms with Gasteiger partial charge in [-0.1, -0.05) is 30.3 Å². The van der Waals surface area contributed by atoms with E-state index >= 15 is 0 Å². The largest absolute Gasteiger partial charge is 0.444 e. The zero-order chi connectivity index (χ0) is 16.4. The van der Waals surface area contributed by atoms with Crippen LogP contribution in [0.2, 0.25) is 0 Å². The maximum atomic E-state index is 12.3. The fraction of sp³-hybridized carbons (Fsp3) is 0.611. The zero-order valence-corrected chi connectivity index (χ0v) is 15.4. The standard InChI is InChI=1S/C18H26N2O3.ClH/c1-18(2,3)23-17(21)20-12-15-10-19(11-16(13-20)22-15)9-14-7-5-4-6-8-14;/h4-8,15-16H,9-13H2,1-3H3;1H. The van der Waals surface area contributed by atoms with Crippen molar-refractivity contribution in [2.45, 2.75) is 45.1 Å². The Balaban J connectivity index is 0.00000208. The molecule has 0 N–H and O–H groups in total. The minimum Gasteiger partial charge on any atom is -0.444 e. The average Bonchev–Trinajstić information content (AvgIpc) is 2.45. The normalized spacial score (nSPS) is 24.2. The minimum absolute atomic E-state index is 0. The van der Waals surface area contributed by atoms with Crippen LogP contribution in [0.3, 0.4) is 0 Å². The molecule has 2 heterocycles. The molecule has 2 aliphatic heterocycles. The van der Waals surface area contributed by atoms with Crippen LogP contribution in [0.25, 0.3) is 0 Å². The zero-order valence-electron chi connectivity index (χ0n) is 14.6. The summed E-state index contributed by atoms with van der Waals surface area (Å²) in [4.78, 5) is 16.5. The molecule has 5 nitrogen and oxygen atoms in total. The predicted octanol–water partition coefficient (Wildman–Crippen LogP) is 2.93. The molecule has 0 radical (unpaired) electrons. The fourth-order valence-corrected chi connectivity index (χ4v) is 3.22. The second-order valence-electron chi connectivity index (χ2n) is 7.45. The van der Waals surface area contributed by atoms with Crippen molar-refractivity contribution in [2.75, 3.05) is 26.2 Å². The van der Waals surface area contributed by atoms with E-state index in [9.17, 15) is 4.79 Å². The first-order valence-corrected chi connectivity index (χ1v) is 8.29. The fourth-order valence-electron chi connectivity index (χ4n) is 3.22. The van der Waals surface area contributed by atoms with Gasteiger partial charge in [0.25, 0.3) is 0 Å². The summed E-state index contributed by atoms with van der Waals surface area (Å²) in [6, 6.07) is 10.5. The van der Waals surface area contributed by atoms with E-state index in [2.05, 4.69) is 29.2 Å². The van der Waals surface area contributed by atoms with Crippen LogP contribution in [0.1, 0.15) is 26.3 Å². The summed E-state index contributed by atoms with van der Waals surface area (Å²) in [5.74, 6) is 0. The second kappa shape index (κ2) is 7.72. The Bertz CT molecular complexity index is 533. The number of hydrogen-bond donors (Lipinski definition) is 0. The van der Waals surface area contributed by atoms with Gasteiger partial charge in [0.05, 0.1) is 25.3 Å². The molecule has 0 saturated carbocycles. The number of ether oxygens (including phenoxy) is 2. The lowest BCUT2D eigenvalue weighted by Crippen LogP contribution is -2.60. The molecule has 1 aromatic carbocycles. The molecule has 24 heavy (non-hydrogen) atoms. The van der Waals surface area contributed by atoms with Gasteiger partial charge < -0.3 is 14.4 Å². The van der Waals surface area contributed by atoms with Gasteiger partial charge in [0.1, 0.15) is 5.60 Å². The third-order valence-electron chi connectivity index (χ3n) is 4.06. The van der Waals surface area contributed by atoms with Gasteiger partial charge >= 0.3 is 6.09 Å². The highest BCUT2D eigenvalue weighted by molar-refractivity contribution is 5.85. The number of hydrogen-bond acceptors (Lipinski definition) is 4. The van der Waals surface area contributed by atoms with Crippen molar-refractivity contribution in [3.63, 3.8) is 0 Å². The first-order valence-electron chi connectivity index (χ1n) is 8.29. The summed E-state index contributed by atoms with van der Waals surface area (Å²) in [6.07, 6.45) is -0.0928. The molecule has 0 aliphatic carbocycles. The van der Waals surface area contributed by atoms with E-state index in [1.165, 1.54) is 5.56 Å². The van der Waals surface area contributed by atoms with Crippen molar-refractivity contribution in [3.8, 4) is 0 Å². The van der Waals surface area contributed by atoms with Crippen LogP contribution in [-0.2, 0) is 16.0 Å². The van der Waals surface area contributed by atoms with Crippen LogP contribution in [0, 0.1) is 0 Å². The molecule has 2 bridgehead atoms. The Morgan fingerprint density at radius 1 is 1.12 bits per heavy atom. The van der Waals surface area contributed by atoms with E-state index in [4.69, 9.17) is 9.47 Å². The Morgan fingerprint density at radius 3 is 2.25 bits per heavy atom. The van der Waals surface area contributed by atoms with Crippen LogP contribution in [0.15, 0.2) is 30.3 Å². The van der Waals surface area contributed by atoms with E-state index in [0.717, 1.165) is 19.6 Å². The quantitative estimate of drug-likeness (QED) is 0.819. The SMILES string of the molecule is CC(C)(C)OC(=O)N1CC2CN(Cc3ccccc3)CC(C1)O2.Cl. The van der Waals surface area contributed by atoms with Crippen molar-refractivity contribution < 1.29 is 14.3 Å². The lowest BCUT2D eigenvalue weighted by atomic mass is 10.1. The number of amides is 1. The number of benzene rings is 1. The number of fused-ring (bicyclic) bond motifs is 2. The molecule has 2 atom stereocenters. The summed E-state index contributed by atoms with van der Waals surface area (Å²) < 4.78 is 11.5. The molecule has 0 spiro atoms. The summed E-state index contributed by atoms with van der Waals surface area (Å²) >= 11 is 0. The number of rotatable bonds is 2. The molecule has 134 valence electrons. The molecule has 1 amide bonds. The lowest BCUT2D eigenvalue weighted by molar-refractivity contribution is -0.137. The summed E-state index contributed by atoms with van der Waals surface area (Å²) in [6.45, 7) is 9.54. The molecule has 3 rings (SSSR count). The van der Waals surface area contributed by atoms with Gasteiger partial charge in [0.15, 0.2) is 0 Å². The maximum absolute atomic E-state index is 12.3. The van der Waals surface area contributed by atoms with Crippen molar-refractivity contribution in [1.29, 1.82) is 0 Å². The summed E-state index contributed by atoms with van der Waals surface area (Å²) in [5.41, 5.74) is 0.862. The molecule has 2 saturated heterocycles. The highest BCUT2D eigenvalue weighted by Gasteiger charge is 2.37. The Hall–Kier alpha value is -1.30. The average molecular weight is 355 g/mol. The van der Waals surface area contributed by atoms with Gasteiger partial charge in [-0.3, -0.25) is 4.90 Å². The van der Waals surface area contributed by atoms with Crippen LogP contribution >= 0.6 is 12.4 Å². The number of carbonyl (C=O) groups excluding carboxylic acids is 1. The van der Waals surface area contributed by atoms with Gasteiger partial charge in [0, 0.05) is 19.6 Å². The highest BCUT2D eigenvalue weighted by atomic mass is 35.5. The van der Waals surface area contributed by atoms with Crippen molar-refractivity contribution in [2.24, 2.45) is 0 Å². The minimum atomic E-state index is -0.455. The molecule has 1 aromatic rings. The van der Waals surface area contributed by atoms with Crippen LogP contribution in [0.5, 0.6) is 0 Å². The third-order valence-corrected chi connectivity index (χ3v) is 4.06. The summed E-state index contributed by atoms with van der Waals surface area (Å²) in [7, 11) is 0. The smallest absolute Gasteiger partial charge is 0.410 e. The van der Waals surface area contributed by atoms with Gasteiger partial charge in [-0.05, 0) is 26.3 Å². The molecule has 2 unspecified atom stereocenters. The van der Waals surface area contributed by atoms with E-state index in [1.807, 2.05) is 26.8 Å². The monoisotopic (exact) mass is 354 g/mol. The molecule has 6 heteroatoms. The van der Waals surface area contributed by atoms with Crippen LogP contribution < -0.4 is 0 Å². The number of morpholine rings is 2. The molecule has 2 aliphatic rings. The van der Waals surface area contributed by atoms with Gasteiger partial charge in [0.2, 0.25) is 0 Å². The Labute approximate surface area is 150 Å². The van der Waals surface area contributed by atoms with Gasteiger partial charge in [-0.25, -0.2) is 4.79 Å². The molecule has 0 aromatic heterocycles. The van der Waals surface area contributed by atoms with E-state index in [0.29, 0.717) is 13.1 Å². The van der Waals surface area contributed by atoms with Crippen LogP contribution in [-0.4, -0.2) is 59.9 Å². The van der Waals surface area contributed by atoms with Crippen LogP contribution in [0.4, 0.5) is 4.79 Å². The lowest BCUT2D eigenvalue weighted by Gasteiger charge is -2.45. The van der Waals surface area contributed by atoms with Gasteiger partial charge in [-0.15, -0.1) is 12.4 Å². The number of carbonyl (C=O) groups is 1. The second-order valence-corrected chi connectivity index (χ2v) is 7.45.